The lowest BCUT2D eigenvalue weighted by molar-refractivity contribution is -0.118. The van der Waals surface area contributed by atoms with E-state index < -0.39 is 0 Å². The van der Waals surface area contributed by atoms with E-state index in [1.807, 2.05) is 24.3 Å². The molecule has 0 fully saturated rings. The van der Waals surface area contributed by atoms with Crippen LogP contribution < -0.4 is 20.3 Å². The molecular formula is C19H18N2O4. The van der Waals surface area contributed by atoms with Crippen LogP contribution in [0.3, 0.4) is 0 Å². The number of hydrogen-bond donors (Lipinski definition) is 1. The Morgan fingerprint density at radius 3 is 2.72 bits per heavy atom. The summed E-state index contributed by atoms with van der Waals surface area (Å²) in [5, 5.41) is 3.51. The SMILES string of the molecule is COc1cccc(NC(=O)COc2cc(=O)n(C)c3ccccc23)c1. The van der Waals surface area contributed by atoms with E-state index in [4.69, 9.17) is 9.47 Å². The number of nitrogens with zero attached hydrogens (tertiary/aromatic N) is 1. The maximum Gasteiger partial charge on any atom is 0.262 e. The Balaban J connectivity index is 1.75. The predicted octanol–water partition coefficient (Wildman–Crippen LogP) is 2.56. The van der Waals surface area contributed by atoms with Crippen molar-refractivity contribution in [3.8, 4) is 11.5 Å². The highest BCUT2D eigenvalue weighted by molar-refractivity contribution is 5.92. The van der Waals surface area contributed by atoms with Crippen LogP contribution in [0.4, 0.5) is 5.69 Å². The summed E-state index contributed by atoms with van der Waals surface area (Å²) >= 11 is 0. The second-order valence-electron chi connectivity index (χ2n) is 5.49. The van der Waals surface area contributed by atoms with Crippen molar-refractivity contribution >= 4 is 22.5 Å². The first-order valence-electron chi connectivity index (χ1n) is 7.74. The number of methoxy groups -OCH3 is 1. The summed E-state index contributed by atoms with van der Waals surface area (Å²) in [4.78, 5) is 24.1. The molecule has 0 bridgehead atoms. The van der Waals surface area contributed by atoms with Gasteiger partial charge in [0.25, 0.3) is 11.5 Å². The zero-order valence-corrected chi connectivity index (χ0v) is 14.0. The molecule has 1 N–H and O–H groups in total. The Kier molecular flexibility index (Phi) is 4.70. The Morgan fingerprint density at radius 1 is 1.12 bits per heavy atom. The van der Waals surface area contributed by atoms with Crippen LogP contribution in [0, 0.1) is 0 Å². The van der Waals surface area contributed by atoms with E-state index in [2.05, 4.69) is 5.32 Å². The Hall–Kier alpha value is -3.28. The number of hydrogen-bond acceptors (Lipinski definition) is 4. The minimum absolute atomic E-state index is 0.193. The minimum Gasteiger partial charge on any atom is -0.497 e. The molecule has 0 aliphatic rings. The third-order valence-electron chi connectivity index (χ3n) is 3.83. The lowest BCUT2D eigenvalue weighted by atomic mass is 10.2. The topological polar surface area (TPSA) is 69.6 Å². The van der Waals surface area contributed by atoms with Gasteiger partial charge in [-0.3, -0.25) is 9.59 Å². The number of para-hydroxylation sites is 1. The molecule has 0 unspecified atom stereocenters. The Bertz CT molecular complexity index is 979. The first-order chi connectivity index (χ1) is 12.1. The van der Waals surface area contributed by atoms with Crippen molar-refractivity contribution in [1.82, 2.24) is 4.57 Å². The summed E-state index contributed by atoms with van der Waals surface area (Å²) in [6.45, 7) is -0.200. The van der Waals surface area contributed by atoms with Gasteiger partial charge in [0.2, 0.25) is 0 Å². The van der Waals surface area contributed by atoms with Gasteiger partial charge in [0.15, 0.2) is 6.61 Å². The van der Waals surface area contributed by atoms with E-state index in [9.17, 15) is 9.59 Å². The van der Waals surface area contributed by atoms with Crippen LogP contribution in [0.15, 0.2) is 59.4 Å². The van der Waals surface area contributed by atoms with Gasteiger partial charge in [-0.2, -0.15) is 0 Å². The zero-order valence-electron chi connectivity index (χ0n) is 14.0. The molecule has 0 saturated carbocycles. The molecule has 0 spiro atoms. The van der Waals surface area contributed by atoms with E-state index in [0.29, 0.717) is 17.2 Å². The quantitative estimate of drug-likeness (QED) is 0.776. The number of carbonyl (C=O) groups excluding carboxylic acids is 1. The van der Waals surface area contributed by atoms with Crippen LogP contribution in [-0.2, 0) is 11.8 Å². The van der Waals surface area contributed by atoms with Crippen molar-refractivity contribution in [3.63, 3.8) is 0 Å². The van der Waals surface area contributed by atoms with Gasteiger partial charge in [-0.1, -0.05) is 18.2 Å². The van der Waals surface area contributed by atoms with Gasteiger partial charge < -0.3 is 19.4 Å². The number of anilines is 1. The zero-order chi connectivity index (χ0) is 17.8. The summed E-state index contributed by atoms with van der Waals surface area (Å²) in [6, 6.07) is 15.8. The highest BCUT2D eigenvalue weighted by Crippen LogP contribution is 2.23. The number of aromatic nitrogens is 1. The number of nitrogens with one attached hydrogen (secondary N) is 1. The Labute approximate surface area is 144 Å². The fourth-order valence-corrected chi connectivity index (χ4v) is 2.54. The number of aryl methyl sites for hydroxylation is 1. The molecule has 3 rings (SSSR count). The summed E-state index contributed by atoms with van der Waals surface area (Å²) in [7, 11) is 3.26. The molecule has 1 amide bonds. The van der Waals surface area contributed by atoms with Crippen LogP contribution in [-0.4, -0.2) is 24.2 Å². The number of fused-ring (bicyclic) bond motifs is 1. The van der Waals surface area contributed by atoms with Crippen molar-refractivity contribution < 1.29 is 14.3 Å². The average Bonchev–Trinajstić information content (AvgIpc) is 2.63. The fourth-order valence-electron chi connectivity index (χ4n) is 2.54. The molecule has 0 aliphatic heterocycles. The second kappa shape index (κ2) is 7.09. The standard InChI is InChI=1S/C19H18N2O4/c1-21-16-9-4-3-8-15(16)17(11-19(21)23)25-12-18(22)20-13-6-5-7-14(10-13)24-2/h3-11H,12H2,1-2H3,(H,20,22). The second-order valence-corrected chi connectivity index (χ2v) is 5.49. The molecule has 6 nitrogen and oxygen atoms in total. The monoisotopic (exact) mass is 338 g/mol. The molecule has 6 heteroatoms. The molecule has 0 atom stereocenters. The predicted molar refractivity (Wildman–Crippen MR) is 96.3 cm³/mol. The van der Waals surface area contributed by atoms with E-state index in [0.717, 1.165) is 10.9 Å². The van der Waals surface area contributed by atoms with Gasteiger partial charge in [0.05, 0.1) is 12.6 Å². The number of amides is 1. The van der Waals surface area contributed by atoms with Gasteiger partial charge in [-0.25, -0.2) is 0 Å². The summed E-state index contributed by atoms with van der Waals surface area (Å²) in [6.07, 6.45) is 0. The van der Waals surface area contributed by atoms with Crippen molar-refractivity contribution in [2.45, 2.75) is 0 Å². The third-order valence-corrected chi connectivity index (χ3v) is 3.83. The lowest BCUT2D eigenvalue weighted by Crippen LogP contribution is -2.22. The molecule has 0 aliphatic carbocycles. The summed E-state index contributed by atoms with van der Waals surface area (Å²) in [5.41, 5.74) is 1.17. The summed E-state index contributed by atoms with van der Waals surface area (Å²) in [5.74, 6) is 0.716. The molecular weight excluding hydrogens is 320 g/mol. The maximum absolute atomic E-state index is 12.1. The summed E-state index contributed by atoms with van der Waals surface area (Å²) < 4.78 is 12.2. The number of carbonyl (C=O) groups is 1. The number of rotatable bonds is 5. The van der Waals surface area contributed by atoms with Crippen LogP contribution in [0.25, 0.3) is 10.9 Å². The van der Waals surface area contributed by atoms with Crippen molar-refractivity contribution in [3.05, 3.63) is 65.0 Å². The smallest absolute Gasteiger partial charge is 0.262 e. The Morgan fingerprint density at radius 2 is 1.92 bits per heavy atom. The van der Waals surface area contributed by atoms with Crippen LogP contribution in [0.5, 0.6) is 11.5 Å². The molecule has 3 aromatic rings. The van der Waals surface area contributed by atoms with Gasteiger partial charge in [0.1, 0.15) is 11.5 Å². The van der Waals surface area contributed by atoms with E-state index in [-0.39, 0.29) is 18.1 Å². The first kappa shape index (κ1) is 16.6. The molecule has 25 heavy (non-hydrogen) atoms. The molecule has 2 aromatic carbocycles. The molecule has 0 radical (unpaired) electrons. The fraction of sp³-hybridized carbons (Fsp3) is 0.158. The number of benzene rings is 2. The van der Waals surface area contributed by atoms with Gasteiger partial charge in [-0.05, 0) is 24.3 Å². The van der Waals surface area contributed by atoms with Gasteiger partial charge in [0, 0.05) is 30.3 Å². The first-order valence-corrected chi connectivity index (χ1v) is 7.74. The van der Waals surface area contributed by atoms with E-state index in [1.165, 1.54) is 6.07 Å². The third kappa shape index (κ3) is 3.63. The maximum atomic E-state index is 12.1. The van der Waals surface area contributed by atoms with E-state index in [1.54, 1.807) is 43.0 Å². The number of ether oxygens (including phenoxy) is 2. The molecule has 0 saturated heterocycles. The molecule has 1 heterocycles. The van der Waals surface area contributed by atoms with Crippen molar-refractivity contribution in [2.24, 2.45) is 7.05 Å². The van der Waals surface area contributed by atoms with Crippen LogP contribution in [0.1, 0.15) is 0 Å². The lowest BCUT2D eigenvalue weighted by Gasteiger charge is -2.12. The van der Waals surface area contributed by atoms with Crippen molar-refractivity contribution in [1.29, 1.82) is 0 Å². The van der Waals surface area contributed by atoms with Gasteiger partial charge >= 0.3 is 0 Å². The minimum atomic E-state index is -0.321. The van der Waals surface area contributed by atoms with Crippen LogP contribution >= 0.6 is 0 Å². The highest BCUT2D eigenvalue weighted by atomic mass is 16.5. The molecule has 1 aromatic heterocycles. The largest absolute Gasteiger partial charge is 0.497 e. The van der Waals surface area contributed by atoms with Crippen LogP contribution in [0.2, 0.25) is 0 Å². The van der Waals surface area contributed by atoms with E-state index >= 15 is 0 Å². The van der Waals surface area contributed by atoms with Crippen molar-refractivity contribution in [2.75, 3.05) is 19.0 Å². The highest BCUT2D eigenvalue weighted by Gasteiger charge is 2.10. The number of pyridine rings is 1. The normalized spacial score (nSPS) is 10.5. The average molecular weight is 338 g/mol. The molecule has 128 valence electrons. The van der Waals surface area contributed by atoms with Gasteiger partial charge in [-0.15, -0.1) is 0 Å².